The second kappa shape index (κ2) is 9.50. The van der Waals surface area contributed by atoms with Gasteiger partial charge in [0.2, 0.25) is 11.7 Å². The van der Waals surface area contributed by atoms with E-state index in [1.807, 2.05) is 89.2 Å². The molecular formula is C30H27N5O2. The van der Waals surface area contributed by atoms with Crippen LogP contribution in [0.4, 0.5) is 0 Å². The molecule has 0 radical (unpaired) electrons. The molecule has 0 atom stereocenters. The van der Waals surface area contributed by atoms with Crippen LogP contribution in [0.25, 0.3) is 17.2 Å². The maximum absolute atomic E-state index is 13.7. The summed E-state index contributed by atoms with van der Waals surface area (Å²) in [5.41, 5.74) is 5.25. The predicted octanol–water partition coefficient (Wildman–Crippen LogP) is 4.04. The van der Waals surface area contributed by atoms with E-state index in [0.717, 1.165) is 23.2 Å². The van der Waals surface area contributed by atoms with Crippen LogP contribution in [0.1, 0.15) is 27.9 Å². The van der Waals surface area contributed by atoms with Crippen molar-refractivity contribution in [2.24, 2.45) is 0 Å². The molecule has 0 saturated carbocycles. The fraction of sp³-hybridized carbons (Fsp3) is 0.200. The molecule has 0 saturated heterocycles. The monoisotopic (exact) mass is 489 g/mol. The molecule has 0 aliphatic carbocycles. The van der Waals surface area contributed by atoms with Gasteiger partial charge in [-0.05, 0) is 30.0 Å². The van der Waals surface area contributed by atoms with E-state index in [1.165, 1.54) is 15.6 Å². The third-order valence-corrected chi connectivity index (χ3v) is 7.15. The van der Waals surface area contributed by atoms with Crippen molar-refractivity contribution in [1.29, 1.82) is 0 Å². The van der Waals surface area contributed by atoms with Crippen LogP contribution in [0.2, 0.25) is 0 Å². The van der Waals surface area contributed by atoms with E-state index in [-0.39, 0.29) is 17.9 Å². The zero-order valence-corrected chi connectivity index (χ0v) is 20.7. The third kappa shape index (κ3) is 4.33. The van der Waals surface area contributed by atoms with Crippen LogP contribution in [0.15, 0.2) is 89.7 Å². The lowest BCUT2D eigenvalue weighted by molar-refractivity contribution is -0.131. The van der Waals surface area contributed by atoms with E-state index in [0.29, 0.717) is 36.8 Å². The lowest BCUT2D eigenvalue weighted by atomic mass is 9.99. The van der Waals surface area contributed by atoms with Gasteiger partial charge in [-0.25, -0.2) is 0 Å². The molecule has 7 nitrogen and oxygen atoms in total. The number of hydrogen-bond acceptors (Lipinski definition) is 4. The van der Waals surface area contributed by atoms with Gasteiger partial charge in [0.15, 0.2) is 5.82 Å². The average molecular weight is 490 g/mol. The van der Waals surface area contributed by atoms with Crippen molar-refractivity contribution >= 4 is 11.7 Å². The molecule has 6 rings (SSSR count). The van der Waals surface area contributed by atoms with Crippen molar-refractivity contribution in [1.82, 2.24) is 24.1 Å². The Morgan fingerprint density at radius 2 is 1.57 bits per heavy atom. The fourth-order valence-electron chi connectivity index (χ4n) is 5.05. The number of nitrogens with zero attached hydrogens (tertiary/aromatic N) is 5. The molecule has 0 fully saturated rings. The summed E-state index contributed by atoms with van der Waals surface area (Å²) in [5.74, 6) is 0.895. The molecule has 1 aliphatic heterocycles. The minimum atomic E-state index is -0.294. The van der Waals surface area contributed by atoms with E-state index in [1.54, 1.807) is 0 Å². The Bertz CT molecular complexity index is 1650. The lowest BCUT2D eigenvalue weighted by Gasteiger charge is -2.29. The van der Waals surface area contributed by atoms with Crippen LogP contribution in [-0.2, 0) is 30.7 Å². The molecule has 3 heterocycles. The van der Waals surface area contributed by atoms with Crippen LogP contribution < -0.4 is 5.56 Å². The first kappa shape index (κ1) is 22.9. The summed E-state index contributed by atoms with van der Waals surface area (Å²) in [6.07, 6.45) is 0.847. The van der Waals surface area contributed by atoms with E-state index in [4.69, 9.17) is 4.98 Å². The van der Waals surface area contributed by atoms with Gasteiger partial charge in [0, 0.05) is 29.9 Å². The zero-order valence-electron chi connectivity index (χ0n) is 20.7. The second-order valence-electron chi connectivity index (χ2n) is 9.46. The highest BCUT2D eigenvalue weighted by Gasteiger charge is 2.25. The van der Waals surface area contributed by atoms with Gasteiger partial charge in [-0.3, -0.25) is 9.59 Å². The summed E-state index contributed by atoms with van der Waals surface area (Å²) in [6.45, 7) is 3.63. The summed E-state index contributed by atoms with van der Waals surface area (Å²) in [5, 5.41) is 4.58. The maximum Gasteiger partial charge on any atom is 0.279 e. The highest BCUT2D eigenvalue weighted by molar-refractivity contribution is 5.79. The molecule has 2 aromatic heterocycles. The Labute approximate surface area is 214 Å². The number of aromatic nitrogens is 4. The molecule has 0 unspecified atom stereocenters. The van der Waals surface area contributed by atoms with Crippen molar-refractivity contribution in [2.45, 2.75) is 32.9 Å². The Kier molecular flexibility index (Phi) is 5.88. The Balaban J connectivity index is 1.42. The smallest absolute Gasteiger partial charge is 0.279 e. The van der Waals surface area contributed by atoms with Gasteiger partial charge in [0.25, 0.3) is 5.56 Å². The third-order valence-electron chi connectivity index (χ3n) is 7.15. The fourth-order valence-corrected chi connectivity index (χ4v) is 5.05. The normalized spacial score (nSPS) is 13.1. The van der Waals surface area contributed by atoms with Crippen molar-refractivity contribution in [3.8, 4) is 11.4 Å². The van der Waals surface area contributed by atoms with Gasteiger partial charge in [0.1, 0.15) is 0 Å². The van der Waals surface area contributed by atoms with Crippen LogP contribution in [0.3, 0.4) is 0 Å². The van der Waals surface area contributed by atoms with Crippen LogP contribution in [0.5, 0.6) is 0 Å². The van der Waals surface area contributed by atoms with E-state index >= 15 is 0 Å². The predicted molar refractivity (Wildman–Crippen MR) is 142 cm³/mol. The van der Waals surface area contributed by atoms with Crippen LogP contribution in [0, 0.1) is 6.92 Å². The van der Waals surface area contributed by atoms with Crippen molar-refractivity contribution < 1.29 is 4.79 Å². The number of carbonyl (C=O) groups is 1. The van der Waals surface area contributed by atoms with Gasteiger partial charge in [-0.15, -0.1) is 5.10 Å². The molecule has 0 spiro atoms. The molecule has 37 heavy (non-hydrogen) atoms. The molecule has 184 valence electrons. The number of hydrogen-bond donors (Lipinski definition) is 0. The van der Waals surface area contributed by atoms with Gasteiger partial charge < -0.3 is 9.47 Å². The Hall–Kier alpha value is -4.52. The lowest BCUT2D eigenvalue weighted by Crippen LogP contribution is -2.38. The Morgan fingerprint density at radius 1 is 0.892 bits per heavy atom. The number of carbonyl (C=O) groups excluding carboxylic acids is 1. The van der Waals surface area contributed by atoms with Crippen molar-refractivity contribution in [3.05, 3.63) is 123 Å². The van der Waals surface area contributed by atoms with E-state index in [2.05, 4.69) is 17.2 Å². The molecule has 1 amide bonds. The van der Waals surface area contributed by atoms with E-state index < -0.39 is 0 Å². The Morgan fingerprint density at radius 3 is 2.32 bits per heavy atom. The topological polar surface area (TPSA) is 72.5 Å². The number of amides is 1. The van der Waals surface area contributed by atoms with E-state index in [9.17, 15) is 9.59 Å². The molecule has 3 aromatic carbocycles. The first-order valence-electron chi connectivity index (χ1n) is 12.5. The summed E-state index contributed by atoms with van der Waals surface area (Å²) in [7, 11) is 0. The molecule has 5 aromatic rings. The zero-order chi connectivity index (χ0) is 25.4. The number of benzene rings is 3. The van der Waals surface area contributed by atoms with Gasteiger partial charge >= 0.3 is 0 Å². The highest BCUT2D eigenvalue weighted by Crippen LogP contribution is 2.21. The first-order chi connectivity index (χ1) is 18.1. The summed E-state index contributed by atoms with van der Waals surface area (Å²) in [4.78, 5) is 33.7. The average Bonchev–Trinajstić information content (AvgIpc) is 3.40. The van der Waals surface area contributed by atoms with Crippen LogP contribution in [-0.4, -0.2) is 36.5 Å². The molecular weight excluding hydrogens is 462 g/mol. The standard InChI is InChI=1S/C30H27N5O2/c1-21-26(18-27(36)33-17-16-23-12-8-9-15-25(23)20-33)29(37)35-30(34(21)19-22-10-4-2-5-11-22)31-28(32-35)24-13-6-3-7-14-24/h2-15H,16-20H2,1H3. The van der Waals surface area contributed by atoms with Crippen molar-refractivity contribution in [2.75, 3.05) is 6.54 Å². The largest absolute Gasteiger partial charge is 0.338 e. The first-order valence-corrected chi connectivity index (χ1v) is 12.5. The van der Waals surface area contributed by atoms with Crippen molar-refractivity contribution in [3.63, 3.8) is 0 Å². The quantitative estimate of drug-likeness (QED) is 0.374. The summed E-state index contributed by atoms with van der Waals surface area (Å²) < 4.78 is 3.34. The van der Waals surface area contributed by atoms with Gasteiger partial charge in [-0.1, -0.05) is 84.9 Å². The molecule has 1 aliphatic rings. The molecule has 7 heteroatoms. The van der Waals surface area contributed by atoms with Gasteiger partial charge in [0.05, 0.1) is 13.0 Å². The minimum absolute atomic E-state index is 0.0259. The minimum Gasteiger partial charge on any atom is -0.338 e. The summed E-state index contributed by atoms with van der Waals surface area (Å²) >= 11 is 0. The second-order valence-corrected chi connectivity index (χ2v) is 9.46. The number of rotatable bonds is 5. The van der Waals surface area contributed by atoms with Gasteiger partial charge in [-0.2, -0.15) is 9.50 Å². The number of fused-ring (bicyclic) bond motifs is 2. The maximum atomic E-state index is 13.7. The van der Waals surface area contributed by atoms with Crippen LogP contribution >= 0.6 is 0 Å². The molecule has 0 N–H and O–H groups in total. The summed E-state index contributed by atoms with van der Waals surface area (Å²) in [6, 6.07) is 27.9. The molecule has 0 bridgehead atoms. The SMILES string of the molecule is Cc1c(CC(=O)N2CCc3ccccc3C2)c(=O)n2nc(-c3ccccc3)nc2n1Cc1ccccc1. The highest BCUT2D eigenvalue weighted by atomic mass is 16.2.